The molecular formula is C19H23N3. The maximum absolute atomic E-state index is 5.66. The lowest BCUT2D eigenvalue weighted by molar-refractivity contribution is 0.748. The highest BCUT2D eigenvalue weighted by Gasteiger charge is 2.14. The Morgan fingerprint density at radius 2 is 2.05 bits per heavy atom. The van der Waals surface area contributed by atoms with Gasteiger partial charge in [-0.25, -0.2) is 0 Å². The second-order valence-electron chi connectivity index (χ2n) is 5.67. The number of hydrogen-bond acceptors (Lipinski definition) is 2. The summed E-state index contributed by atoms with van der Waals surface area (Å²) >= 11 is 0. The number of H-pyrrole nitrogens is 1. The maximum Gasteiger partial charge on any atom is 0.0867 e. The first-order chi connectivity index (χ1) is 10.8. The monoisotopic (exact) mass is 293 g/mol. The molecule has 0 aliphatic heterocycles. The Balaban J connectivity index is 2.11. The Bertz CT molecular complexity index is 744. The number of rotatable bonds is 6. The topological polar surface area (TPSA) is 54.7 Å². The summed E-state index contributed by atoms with van der Waals surface area (Å²) in [4.78, 5) is 8.08. The smallest absolute Gasteiger partial charge is 0.0867 e. The van der Waals surface area contributed by atoms with Gasteiger partial charge in [0, 0.05) is 17.1 Å². The molecule has 0 spiro atoms. The summed E-state index contributed by atoms with van der Waals surface area (Å²) in [5.74, 6) is 0. The number of unbranched alkanes of at least 4 members (excludes halogenated alkanes) is 1. The molecule has 3 heteroatoms. The highest BCUT2D eigenvalue weighted by Crippen LogP contribution is 2.31. The molecule has 0 unspecified atom stereocenters. The van der Waals surface area contributed by atoms with Gasteiger partial charge in [-0.15, -0.1) is 0 Å². The molecule has 0 atom stereocenters. The van der Waals surface area contributed by atoms with E-state index in [-0.39, 0.29) is 0 Å². The molecule has 3 aromatic rings. The number of nitrogens with two attached hydrogens (primary N) is 1. The predicted molar refractivity (Wildman–Crippen MR) is 92.9 cm³/mol. The van der Waals surface area contributed by atoms with Gasteiger partial charge in [-0.3, -0.25) is 4.98 Å². The molecule has 0 radical (unpaired) electrons. The quantitative estimate of drug-likeness (QED) is 0.673. The Morgan fingerprint density at radius 3 is 2.77 bits per heavy atom. The molecule has 2 aromatic heterocycles. The summed E-state index contributed by atoms with van der Waals surface area (Å²) in [6, 6.07) is 12.8. The Morgan fingerprint density at radius 1 is 1.14 bits per heavy atom. The number of aromatic nitrogens is 2. The summed E-state index contributed by atoms with van der Waals surface area (Å²) in [5, 5.41) is 1.33. The van der Waals surface area contributed by atoms with E-state index in [4.69, 9.17) is 5.73 Å². The van der Waals surface area contributed by atoms with Crippen LogP contribution in [0.4, 0.5) is 0 Å². The molecule has 22 heavy (non-hydrogen) atoms. The number of pyridine rings is 1. The average molecular weight is 293 g/mol. The van der Waals surface area contributed by atoms with Crippen LogP contribution in [0.5, 0.6) is 0 Å². The molecule has 0 saturated heterocycles. The van der Waals surface area contributed by atoms with Crippen LogP contribution < -0.4 is 5.73 Å². The maximum atomic E-state index is 5.66. The second-order valence-corrected chi connectivity index (χ2v) is 5.67. The van der Waals surface area contributed by atoms with Gasteiger partial charge in [-0.2, -0.15) is 0 Å². The van der Waals surface area contributed by atoms with Crippen molar-refractivity contribution in [2.45, 2.75) is 32.6 Å². The third-order valence-electron chi connectivity index (χ3n) is 4.18. The van der Waals surface area contributed by atoms with E-state index in [1.165, 1.54) is 22.0 Å². The summed E-state index contributed by atoms with van der Waals surface area (Å²) in [6.07, 6.45) is 6.11. The molecule has 3 rings (SSSR count). The SMILES string of the molecule is CCc1ccc2[nH]c(-c3ccccn3)c(CCCCN)c2c1. The largest absolute Gasteiger partial charge is 0.353 e. The number of benzene rings is 1. The third-order valence-corrected chi connectivity index (χ3v) is 4.18. The van der Waals surface area contributed by atoms with Crippen molar-refractivity contribution >= 4 is 10.9 Å². The van der Waals surface area contributed by atoms with E-state index in [1.54, 1.807) is 0 Å². The third kappa shape index (κ3) is 2.90. The molecule has 0 aliphatic carbocycles. The first kappa shape index (κ1) is 14.8. The van der Waals surface area contributed by atoms with Crippen molar-refractivity contribution in [2.24, 2.45) is 5.73 Å². The lowest BCUT2D eigenvalue weighted by Gasteiger charge is -2.05. The zero-order chi connectivity index (χ0) is 15.4. The normalized spacial score (nSPS) is 11.2. The van der Waals surface area contributed by atoms with Gasteiger partial charge in [-0.05, 0) is 67.6 Å². The van der Waals surface area contributed by atoms with Crippen LogP contribution in [0.2, 0.25) is 0 Å². The molecule has 3 N–H and O–H groups in total. The van der Waals surface area contributed by atoms with E-state index >= 15 is 0 Å². The minimum Gasteiger partial charge on any atom is -0.353 e. The molecule has 1 aromatic carbocycles. The molecule has 0 aliphatic rings. The van der Waals surface area contributed by atoms with Crippen molar-refractivity contribution in [3.63, 3.8) is 0 Å². The fraction of sp³-hybridized carbons (Fsp3) is 0.316. The van der Waals surface area contributed by atoms with Gasteiger partial charge in [0.15, 0.2) is 0 Å². The summed E-state index contributed by atoms with van der Waals surface area (Å²) < 4.78 is 0. The minimum atomic E-state index is 0.751. The summed E-state index contributed by atoms with van der Waals surface area (Å²) in [5.41, 5.74) is 11.8. The molecule has 0 fully saturated rings. The van der Waals surface area contributed by atoms with Crippen molar-refractivity contribution in [2.75, 3.05) is 6.54 Å². The van der Waals surface area contributed by atoms with Crippen molar-refractivity contribution in [1.82, 2.24) is 9.97 Å². The molecule has 0 amide bonds. The fourth-order valence-electron chi connectivity index (χ4n) is 2.95. The predicted octanol–water partition coefficient (Wildman–Crippen LogP) is 4.07. The standard InChI is InChI=1S/C19H23N3/c1-2-14-9-10-17-16(13-14)15(7-3-5-11-20)19(22-17)18-8-4-6-12-21-18/h4,6,8-10,12-13,22H,2-3,5,7,11,20H2,1H3. The molecule has 2 heterocycles. The number of hydrogen-bond donors (Lipinski definition) is 2. The summed E-state index contributed by atoms with van der Waals surface area (Å²) in [6.45, 7) is 2.95. The minimum absolute atomic E-state index is 0.751. The highest BCUT2D eigenvalue weighted by molar-refractivity contribution is 5.90. The first-order valence-corrected chi connectivity index (χ1v) is 8.08. The Labute approximate surface area is 131 Å². The lowest BCUT2D eigenvalue weighted by atomic mass is 10.0. The van der Waals surface area contributed by atoms with Gasteiger partial charge in [0.05, 0.1) is 11.4 Å². The molecule has 0 bridgehead atoms. The van der Waals surface area contributed by atoms with Crippen molar-refractivity contribution in [3.8, 4) is 11.4 Å². The zero-order valence-electron chi connectivity index (χ0n) is 13.1. The lowest BCUT2D eigenvalue weighted by Crippen LogP contribution is -1.99. The zero-order valence-corrected chi connectivity index (χ0v) is 13.1. The van der Waals surface area contributed by atoms with Crippen molar-refractivity contribution < 1.29 is 0 Å². The van der Waals surface area contributed by atoms with E-state index in [1.807, 2.05) is 18.3 Å². The number of nitrogens with one attached hydrogen (secondary N) is 1. The molecule has 0 saturated carbocycles. The van der Waals surface area contributed by atoms with Gasteiger partial charge < -0.3 is 10.7 Å². The van der Waals surface area contributed by atoms with Crippen LogP contribution in [-0.2, 0) is 12.8 Å². The fourth-order valence-corrected chi connectivity index (χ4v) is 2.95. The van der Waals surface area contributed by atoms with E-state index in [0.29, 0.717) is 0 Å². The molecular weight excluding hydrogens is 270 g/mol. The van der Waals surface area contributed by atoms with Gasteiger partial charge in [0.2, 0.25) is 0 Å². The average Bonchev–Trinajstić information content (AvgIpc) is 2.94. The van der Waals surface area contributed by atoms with Crippen molar-refractivity contribution in [1.29, 1.82) is 0 Å². The molecule has 3 nitrogen and oxygen atoms in total. The van der Waals surface area contributed by atoms with Crippen LogP contribution in [0.1, 0.15) is 30.9 Å². The van der Waals surface area contributed by atoms with Gasteiger partial charge in [0.1, 0.15) is 0 Å². The highest BCUT2D eigenvalue weighted by atomic mass is 14.8. The Hall–Kier alpha value is -2.13. The van der Waals surface area contributed by atoms with Gasteiger partial charge >= 0.3 is 0 Å². The van der Waals surface area contributed by atoms with Crippen LogP contribution in [0.3, 0.4) is 0 Å². The number of aryl methyl sites for hydroxylation is 2. The van der Waals surface area contributed by atoms with Crippen LogP contribution in [-0.4, -0.2) is 16.5 Å². The van der Waals surface area contributed by atoms with E-state index < -0.39 is 0 Å². The van der Waals surface area contributed by atoms with E-state index in [0.717, 1.165) is 43.6 Å². The number of nitrogens with zero attached hydrogens (tertiary/aromatic N) is 1. The van der Waals surface area contributed by atoms with E-state index in [9.17, 15) is 0 Å². The van der Waals surface area contributed by atoms with Crippen LogP contribution >= 0.6 is 0 Å². The summed E-state index contributed by atoms with van der Waals surface area (Å²) in [7, 11) is 0. The van der Waals surface area contributed by atoms with Crippen LogP contribution in [0.25, 0.3) is 22.3 Å². The number of fused-ring (bicyclic) bond motifs is 1. The number of aromatic amines is 1. The van der Waals surface area contributed by atoms with Gasteiger partial charge in [-0.1, -0.05) is 19.1 Å². The van der Waals surface area contributed by atoms with Gasteiger partial charge in [0.25, 0.3) is 0 Å². The second kappa shape index (κ2) is 6.75. The molecule has 114 valence electrons. The van der Waals surface area contributed by atoms with Crippen molar-refractivity contribution in [3.05, 3.63) is 53.7 Å². The van der Waals surface area contributed by atoms with Crippen LogP contribution in [0, 0.1) is 0 Å². The van der Waals surface area contributed by atoms with Crippen LogP contribution in [0.15, 0.2) is 42.6 Å². The van der Waals surface area contributed by atoms with E-state index in [2.05, 4.69) is 41.2 Å². The Kier molecular flexibility index (Phi) is 4.54. The first-order valence-electron chi connectivity index (χ1n) is 8.08.